The van der Waals surface area contributed by atoms with Crippen molar-refractivity contribution in [3.05, 3.63) is 72.9 Å². The molecule has 9 nitrogen and oxygen atoms in total. The van der Waals surface area contributed by atoms with Gasteiger partial charge in [0.25, 0.3) is 0 Å². The van der Waals surface area contributed by atoms with Crippen LogP contribution < -0.4 is 5.32 Å². The molecular weight excluding hydrogens is 750 g/mol. The molecule has 0 aromatic heterocycles. The third kappa shape index (κ3) is 44.6. The molecular formula is C48H84NO8P. The van der Waals surface area contributed by atoms with Crippen molar-refractivity contribution in [3.8, 4) is 0 Å². The first-order valence-electron chi connectivity index (χ1n) is 22.9. The number of carbonyl (C=O) groups excluding carboxylic acids is 2. The second-order valence-corrected chi connectivity index (χ2v) is 16.4. The van der Waals surface area contributed by atoms with Gasteiger partial charge in [0.05, 0.1) is 13.2 Å². The van der Waals surface area contributed by atoms with Gasteiger partial charge in [-0.05, 0) is 83.5 Å². The van der Waals surface area contributed by atoms with E-state index in [-0.39, 0.29) is 32.1 Å². The number of nitrogens with one attached hydrogen (secondary N) is 1. The van der Waals surface area contributed by atoms with E-state index in [1.807, 2.05) is 0 Å². The van der Waals surface area contributed by atoms with E-state index in [4.69, 9.17) is 13.8 Å². The Morgan fingerprint density at radius 3 is 1.50 bits per heavy atom. The maximum absolute atomic E-state index is 12.1. The molecule has 0 aliphatic heterocycles. The summed E-state index contributed by atoms with van der Waals surface area (Å²) in [5.41, 5.74) is 0. The number of ether oxygens (including phenoxy) is 1. The number of unbranched alkanes of at least 4 members (excludes halogenated alkanes) is 17. The fourth-order valence-electron chi connectivity index (χ4n) is 5.93. The van der Waals surface area contributed by atoms with Crippen LogP contribution in [0, 0.1) is 0 Å². The Kier molecular flexibility index (Phi) is 42.1. The van der Waals surface area contributed by atoms with E-state index in [0.29, 0.717) is 12.8 Å². The number of amides is 1. The predicted octanol–water partition coefficient (Wildman–Crippen LogP) is 13.0. The van der Waals surface area contributed by atoms with Gasteiger partial charge in [0.2, 0.25) is 5.91 Å². The minimum atomic E-state index is -4.43. The number of phosphoric ester groups is 1. The van der Waals surface area contributed by atoms with E-state index in [2.05, 4.69) is 92.1 Å². The van der Waals surface area contributed by atoms with Gasteiger partial charge in [-0.2, -0.15) is 0 Å². The number of rotatable bonds is 42. The smallest absolute Gasteiger partial charge is 0.463 e. The van der Waals surface area contributed by atoms with Crippen molar-refractivity contribution >= 4 is 19.7 Å². The number of esters is 1. The van der Waals surface area contributed by atoms with E-state index in [0.717, 1.165) is 96.3 Å². The summed E-state index contributed by atoms with van der Waals surface area (Å²) in [5.74, 6) is -0.547. The van der Waals surface area contributed by atoms with Gasteiger partial charge in [-0.25, -0.2) is 4.57 Å². The van der Waals surface area contributed by atoms with Crippen molar-refractivity contribution in [1.82, 2.24) is 5.32 Å². The SMILES string of the molecule is CC/C=C\C/C=C\C/C=C\C/C=C\C/C=C\CCCCCCCC(=O)OCC(O)COP(=O)(O)OCCNC(=O)CCCCCCC/C=C\CCCCCCCCC. The van der Waals surface area contributed by atoms with Crippen molar-refractivity contribution in [1.29, 1.82) is 0 Å². The Bertz CT molecular complexity index is 1180. The van der Waals surface area contributed by atoms with Gasteiger partial charge in [0, 0.05) is 19.4 Å². The Morgan fingerprint density at radius 2 is 0.983 bits per heavy atom. The third-order valence-electron chi connectivity index (χ3n) is 9.37. The summed E-state index contributed by atoms with van der Waals surface area (Å²) in [5, 5.41) is 12.7. The number of carbonyl (C=O) groups is 2. The lowest BCUT2D eigenvalue weighted by molar-refractivity contribution is -0.147. The molecule has 0 bridgehead atoms. The Hall–Kier alpha value is -2.55. The van der Waals surface area contributed by atoms with Crippen LogP contribution in [0.15, 0.2) is 72.9 Å². The van der Waals surface area contributed by atoms with Crippen molar-refractivity contribution in [2.45, 2.75) is 193 Å². The molecule has 0 rings (SSSR count). The number of hydrogen-bond donors (Lipinski definition) is 3. The lowest BCUT2D eigenvalue weighted by Gasteiger charge is -2.15. The highest BCUT2D eigenvalue weighted by Crippen LogP contribution is 2.42. The molecule has 0 saturated heterocycles. The molecule has 0 radical (unpaired) electrons. The lowest BCUT2D eigenvalue weighted by atomic mass is 10.1. The number of allylic oxidation sites excluding steroid dienone is 12. The van der Waals surface area contributed by atoms with Crippen LogP contribution in [-0.4, -0.2) is 54.3 Å². The zero-order valence-electron chi connectivity index (χ0n) is 36.7. The van der Waals surface area contributed by atoms with Crippen molar-refractivity contribution in [3.63, 3.8) is 0 Å². The second-order valence-electron chi connectivity index (χ2n) is 15.0. The van der Waals surface area contributed by atoms with Gasteiger partial charge in [-0.3, -0.25) is 18.6 Å². The predicted molar refractivity (Wildman–Crippen MR) is 243 cm³/mol. The Balaban J connectivity index is 3.66. The highest BCUT2D eigenvalue weighted by atomic mass is 31.2. The Labute approximate surface area is 354 Å². The van der Waals surface area contributed by atoms with E-state index in [1.54, 1.807) is 0 Å². The molecule has 0 saturated carbocycles. The number of phosphoric acid groups is 1. The molecule has 0 aromatic rings. The van der Waals surface area contributed by atoms with Crippen LogP contribution in [0.2, 0.25) is 0 Å². The molecule has 58 heavy (non-hydrogen) atoms. The summed E-state index contributed by atoms with van der Waals surface area (Å²) in [6.45, 7) is 3.40. The molecule has 0 heterocycles. The molecule has 334 valence electrons. The van der Waals surface area contributed by atoms with E-state index in [9.17, 15) is 24.2 Å². The van der Waals surface area contributed by atoms with Crippen LogP contribution in [0.1, 0.15) is 187 Å². The molecule has 10 heteroatoms. The Morgan fingerprint density at radius 1 is 0.552 bits per heavy atom. The zero-order valence-corrected chi connectivity index (χ0v) is 37.6. The monoisotopic (exact) mass is 834 g/mol. The van der Waals surface area contributed by atoms with Gasteiger partial charge in [0.15, 0.2) is 0 Å². The van der Waals surface area contributed by atoms with Gasteiger partial charge >= 0.3 is 13.8 Å². The van der Waals surface area contributed by atoms with Crippen LogP contribution in [0.25, 0.3) is 0 Å². The van der Waals surface area contributed by atoms with E-state index >= 15 is 0 Å². The summed E-state index contributed by atoms with van der Waals surface area (Å²) in [4.78, 5) is 34.0. The summed E-state index contributed by atoms with van der Waals surface area (Å²) >= 11 is 0. The van der Waals surface area contributed by atoms with Gasteiger partial charge in [-0.1, -0.05) is 164 Å². The average Bonchev–Trinajstić information content (AvgIpc) is 3.21. The van der Waals surface area contributed by atoms with Crippen LogP contribution in [-0.2, 0) is 27.9 Å². The van der Waals surface area contributed by atoms with Gasteiger partial charge < -0.3 is 20.1 Å². The first-order valence-corrected chi connectivity index (χ1v) is 24.4. The first-order chi connectivity index (χ1) is 28.3. The summed E-state index contributed by atoms with van der Waals surface area (Å²) < 4.78 is 26.9. The number of aliphatic hydroxyl groups excluding tert-OH is 1. The molecule has 2 unspecified atom stereocenters. The minimum Gasteiger partial charge on any atom is -0.463 e. The number of hydrogen-bond acceptors (Lipinski definition) is 7. The molecule has 2 atom stereocenters. The molecule has 0 spiro atoms. The van der Waals surface area contributed by atoms with Gasteiger partial charge in [0.1, 0.15) is 12.7 Å². The molecule has 0 aliphatic carbocycles. The summed E-state index contributed by atoms with van der Waals surface area (Å²) in [7, 11) is -4.43. The van der Waals surface area contributed by atoms with Crippen LogP contribution in [0.5, 0.6) is 0 Å². The largest absolute Gasteiger partial charge is 0.472 e. The highest BCUT2D eigenvalue weighted by molar-refractivity contribution is 7.47. The third-order valence-corrected chi connectivity index (χ3v) is 10.4. The second kappa shape index (κ2) is 44.0. The van der Waals surface area contributed by atoms with Crippen molar-refractivity contribution in [2.24, 2.45) is 0 Å². The van der Waals surface area contributed by atoms with Crippen LogP contribution in [0.3, 0.4) is 0 Å². The van der Waals surface area contributed by atoms with Crippen LogP contribution in [0.4, 0.5) is 0 Å². The fourth-order valence-corrected chi connectivity index (χ4v) is 6.69. The molecule has 0 aromatic carbocycles. The molecule has 1 amide bonds. The van der Waals surface area contributed by atoms with E-state index in [1.165, 1.54) is 57.8 Å². The normalized spacial score (nSPS) is 13.9. The fraction of sp³-hybridized carbons (Fsp3) is 0.708. The van der Waals surface area contributed by atoms with E-state index < -0.39 is 26.5 Å². The molecule has 0 fully saturated rings. The average molecular weight is 834 g/mol. The zero-order chi connectivity index (χ0) is 42.5. The first kappa shape index (κ1) is 55.5. The van der Waals surface area contributed by atoms with Crippen molar-refractivity contribution < 1.29 is 37.9 Å². The summed E-state index contributed by atoms with van der Waals surface area (Å²) in [6, 6.07) is 0. The maximum Gasteiger partial charge on any atom is 0.472 e. The highest BCUT2D eigenvalue weighted by Gasteiger charge is 2.23. The topological polar surface area (TPSA) is 131 Å². The standard InChI is InChI=1S/C48H84NO8P/c1-3-5-7-9-11-13-15-17-19-21-22-23-24-25-27-29-31-33-35-37-39-41-48(52)55-44-46(50)45-57-58(53,54)56-43-42-49-47(51)40-38-36-34-32-30-28-26-20-18-16-14-12-10-8-6-4-2/h5,7,11,13,17,19-20,22-23,25-27,46,50H,3-4,6,8-10,12,14-16,18,21,24,28-45H2,1-2H3,(H,49,51)(H,53,54)/b7-5-,13-11-,19-17-,23-22-,26-20-,27-25-. The maximum atomic E-state index is 12.1. The minimum absolute atomic E-state index is 0.0718. The number of aliphatic hydroxyl groups is 1. The van der Waals surface area contributed by atoms with Crippen LogP contribution >= 0.6 is 7.82 Å². The lowest BCUT2D eigenvalue weighted by Crippen LogP contribution is -2.27. The summed E-state index contributed by atoms with van der Waals surface area (Å²) in [6.07, 6.45) is 54.0. The van der Waals surface area contributed by atoms with Crippen molar-refractivity contribution in [2.75, 3.05) is 26.4 Å². The van der Waals surface area contributed by atoms with Gasteiger partial charge in [-0.15, -0.1) is 0 Å². The molecule has 3 N–H and O–H groups in total. The molecule has 0 aliphatic rings. The quantitative estimate of drug-likeness (QED) is 0.0240.